The molecule has 0 fully saturated rings. The van der Waals surface area contributed by atoms with E-state index < -0.39 is 0 Å². The summed E-state index contributed by atoms with van der Waals surface area (Å²) in [4.78, 5) is 4.75. The minimum atomic E-state index is 0.197. The fourth-order valence-electron chi connectivity index (χ4n) is 2.90. The summed E-state index contributed by atoms with van der Waals surface area (Å²) in [5.74, 6) is 1.29. The molecule has 2 heterocycles. The van der Waals surface area contributed by atoms with E-state index in [0.717, 1.165) is 13.0 Å². The van der Waals surface area contributed by atoms with Crippen LogP contribution >= 0.6 is 0 Å². The highest BCUT2D eigenvalue weighted by Crippen LogP contribution is 2.35. The molecule has 1 aliphatic heterocycles. The van der Waals surface area contributed by atoms with Gasteiger partial charge >= 0.3 is 0 Å². The van der Waals surface area contributed by atoms with Crippen LogP contribution in [0.5, 0.6) is 0 Å². The van der Waals surface area contributed by atoms with E-state index in [1.54, 1.807) is 0 Å². The number of aromatic nitrogens is 2. The molecule has 0 aromatic carbocycles. The Morgan fingerprint density at radius 1 is 1.25 bits per heavy atom. The second kappa shape index (κ2) is 3.35. The third-order valence-corrected chi connectivity index (χ3v) is 3.54. The summed E-state index contributed by atoms with van der Waals surface area (Å²) in [5, 5.41) is 0. The smallest absolute Gasteiger partial charge is 0.109 e. The second-order valence-electron chi connectivity index (χ2n) is 6.96. The highest BCUT2D eigenvalue weighted by atomic mass is 15.1. The van der Waals surface area contributed by atoms with Crippen molar-refractivity contribution in [2.75, 3.05) is 0 Å². The molecule has 0 saturated heterocycles. The molecule has 0 saturated carbocycles. The van der Waals surface area contributed by atoms with Gasteiger partial charge in [-0.2, -0.15) is 0 Å². The maximum absolute atomic E-state index is 4.75. The summed E-state index contributed by atoms with van der Waals surface area (Å²) < 4.78 is 2.47. The standard InChI is InChI=1S/C14H24N2/c1-10-12(13(2,3)4)16-9-14(5,6)8-7-11(16)15-10/h7-9H2,1-6H3. The first-order valence-corrected chi connectivity index (χ1v) is 6.27. The minimum Gasteiger partial charge on any atom is -0.331 e. The molecule has 16 heavy (non-hydrogen) atoms. The average molecular weight is 220 g/mol. The molecular weight excluding hydrogens is 196 g/mol. The van der Waals surface area contributed by atoms with Crippen molar-refractivity contribution >= 4 is 0 Å². The van der Waals surface area contributed by atoms with Crippen molar-refractivity contribution in [2.24, 2.45) is 5.41 Å². The van der Waals surface area contributed by atoms with Crippen LogP contribution in [0.2, 0.25) is 0 Å². The Hall–Kier alpha value is -0.790. The van der Waals surface area contributed by atoms with Crippen LogP contribution in [0.3, 0.4) is 0 Å². The Labute approximate surface area is 99.1 Å². The van der Waals surface area contributed by atoms with Gasteiger partial charge in [-0.1, -0.05) is 34.6 Å². The predicted octanol–water partition coefficient (Wildman–Crippen LogP) is 3.46. The molecule has 0 unspecified atom stereocenters. The maximum atomic E-state index is 4.75. The molecule has 1 aliphatic rings. The summed E-state index contributed by atoms with van der Waals surface area (Å²) in [6.45, 7) is 14.8. The van der Waals surface area contributed by atoms with E-state index in [9.17, 15) is 0 Å². The third-order valence-electron chi connectivity index (χ3n) is 3.54. The van der Waals surface area contributed by atoms with Gasteiger partial charge in [-0.15, -0.1) is 0 Å². The lowest BCUT2D eigenvalue weighted by atomic mass is 9.83. The van der Waals surface area contributed by atoms with E-state index in [-0.39, 0.29) is 5.41 Å². The van der Waals surface area contributed by atoms with Gasteiger partial charge < -0.3 is 4.57 Å². The molecule has 0 amide bonds. The van der Waals surface area contributed by atoms with E-state index in [1.807, 2.05) is 0 Å². The number of hydrogen-bond acceptors (Lipinski definition) is 1. The van der Waals surface area contributed by atoms with Crippen molar-refractivity contribution in [1.82, 2.24) is 9.55 Å². The third kappa shape index (κ3) is 1.90. The van der Waals surface area contributed by atoms with Crippen molar-refractivity contribution in [2.45, 2.75) is 66.3 Å². The maximum Gasteiger partial charge on any atom is 0.109 e. The Balaban J connectivity index is 2.53. The number of aryl methyl sites for hydroxylation is 2. The first-order valence-electron chi connectivity index (χ1n) is 6.27. The molecule has 0 atom stereocenters. The highest BCUT2D eigenvalue weighted by Gasteiger charge is 2.32. The molecule has 90 valence electrons. The van der Waals surface area contributed by atoms with Crippen molar-refractivity contribution in [1.29, 1.82) is 0 Å². The van der Waals surface area contributed by atoms with E-state index in [1.165, 1.54) is 23.6 Å². The molecule has 0 bridgehead atoms. The van der Waals surface area contributed by atoms with Crippen LogP contribution in [-0.4, -0.2) is 9.55 Å². The molecule has 0 spiro atoms. The number of imidazole rings is 1. The van der Waals surface area contributed by atoms with Gasteiger partial charge in [0.2, 0.25) is 0 Å². The van der Waals surface area contributed by atoms with Gasteiger partial charge in [0, 0.05) is 24.1 Å². The van der Waals surface area contributed by atoms with Gasteiger partial charge in [-0.25, -0.2) is 4.98 Å². The summed E-state index contributed by atoms with van der Waals surface area (Å²) in [5.41, 5.74) is 3.26. The average Bonchev–Trinajstić information content (AvgIpc) is 2.37. The van der Waals surface area contributed by atoms with Gasteiger partial charge in [0.1, 0.15) is 5.82 Å². The highest BCUT2D eigenvalue weighted by molar-refractivity contribution is 5.24. The Morgan fingerprint density at radius 2 is 1.88 bits per heavy atom. The van der Waals surface area contributed by atoms with Gasteiger partial charge in [0.05, 0.1) is 5.69 Å². The zero-order valence-electron chi connectivity index (χ0n) is 11.5. The zero-order valence-corrected chi connectivity index (χ0v) is 11.5. The lowest BCUT2D eigenvalue weighted by molar-refractivity contribution is 0.238. The van der Waals surface area contributed by atoms with Crippen LogP contribution in [-0.2, 0) is 18.4 Å². The molecule has 2 rings (SSSR count). The fourth-order valence-corrected chi connectivity index (χ4v) is 2.90. The van der Waals surface area contributed by atoms with Gasteiger partial charge in [-0.05, 0) is 18.8 Å². The molecule has 0 radical (unpaired) electrons. The number of fused-ring (bicyclic) bond motifs is 1. The normalized spacial score (nSPS) is 19.6. The number of rotatable bonds is 0. The Morgan fingerprint density at radius 3 is 2.44 bits per heavy atom. The van der Waals surface area contributed by atoms with Crippen molar-refractivity contribution in [3.8, 4) is 0 Å². The number of hydrogen-bond donors (Lipinski definition) is 0. The zero-order chi connectivity index (χ0) is 12.1. The van der Waals surface area contributed by atoms with E-state index in [2.05, 4.69) is 46.1 Å². The van der Waals surface area contributed by atoms with E-state index >= 15 is 0 Å². The predicted molar refractivity (Wildman–Crippen MR) is 67.8 cm³/mol. The van der Waals surface area contributed by atoms with E-state index in [4.69, 9.17) is 4.98 Å². The number of nitrogens with zero attached hydrogens (tertiary/aromatic N) is 2. The topological polar surface area (TPSA) is 17.8 Å². The van der Waals surface area contributed by atoms with Crippen molar-refractivity contribution in [3.05, 3.63) is 17.2 Å². The van der Waals surface area contributed by atoms with Crippen molar-refractivity contribution in [3.63, 3.8) is 0 Å². The summed E-state index contributed by atoms with van der Waals surface area (Å²) in [7, 11) is 0. The quantitative estimate of drug-likeness (QED) is 0.654. The summed E-state index contributed by atoms with van der Waals surface area (Å²) in [6, 6.07) is 0. The van der Waals surface area contributed by atoms with Crippen LogP contribution in [0.25, 0.3) is 0 Å². The van der Waals surface area contributed by atoms with Crippen molar-refractivity contribution < 1.29 is 0 Å². The minimum absolute atomic E-state index is 0.197. The van der Waals surface area contributed by atoms with Crippen LogP contribution < -0.4 is 0 Å². The first-order chi connectivity index (χ1) is 7.21. The molecule has 2 nitrogen and oxygen atoms in total. The fraction of sp³-hybridized carbons (Fsp3) is 0.786. The molecule has 1 aromatic rings. The van der Waals surface area contributed by atoms with Crippen LogP contribution in [0.15, 0.2) is 0 Å². The van der Waals surface area contributed by atoms with Crippen LogP contribution in [0.4, 0.5) is 0 Å². The Kier molecular flexibility index (Phi) is 2.45. The first kappa shape index (κ1) is 11.7. The van der Waals surface area contributed by atoms with Gasteiger partial charge in [0.25, 0.3) is 0 Å². The lowest BCUT2D eigenvalue weighted by Gasteiger charge is -2.34. The van der Waals surface area contributed by atoms with Gasteiger partial charge in [-0.3, -0.25) is 0 Å². The SMILES string of the molecule is Cc1nc2n(c1C(C)(C)C)CC(C)(C)CC2. The molecule has 1 aromatic heterocycles. The van der Waals surface area contributed by atoms with Crippen LogP contribution in [0.1, 0.15) is 58.3 Å². The summed E-state index contributed by atoms with van der Waals surface area (Å²) in [6.07, 6.45) is 2.39. The summed E-state index contributed by atoms with van der Waals surface area (Å²) >= 11 is 0. The lowest BCUT2D eigenvalue weighted by Crippen LogP contribution is -2.31. The molecule has 0 N–H and O–H groups in total. The van der Waals surface area contributed by atoms with Crippen LogP contribution in [0, 0.1) is 12.3 Å². The van der Waals surface area contributed by atoms with Gasteiger partial charge in [0.15, 0.2) is 0 Å². The largest absolute Gasteiger partial charge is 0.331 e. The molecule has 0 aliphatic carbocycles. The molecule has 2 heteroatoms. The molecular formula is C14H24N2. The Bertz CT molecular complexity index is 405. The second-order valence-corrected chi connectivity index (χ2v) is 6.96. The van der Waals surface area contributed by atoms with E-state index in [0.29, 0.717) is 5.41 Å². The monoisotopic (exact) mass is 220 g/mol.